The molecule has 2 aliphatic rings. The molecule has 0 amide bonds. The molecule has 31 heavy (non-hydrogen) atoms. The van der Waals surface area contributed by atoms with Crippen LogP contribution in [0.1, 0.15) is 47.0 Å². The maximum absolute atomic E-state index is 13.4. The lowest BCUT2D eigenvalue weighted by Gasteiger charge is -2.29. The normalized spacial score (nSPS) is 19.0. The summed E-state index contributed by atoms with van der Waals surface area (Å²) in [4.78, 5) is 24.8. The Kier molecular flexibility index (Phi) is 4.22. The molecule has 0 radical (unpaired) electrons. The van der Waals surface area contributed by atoms with Gasteiger partial charge in [0.25, 0.3) is 5.56 Å². The highest BCUT2D eigenvalue weighted by molar-refractivity contribution is 7.92. The van der Waals surface area contributed by atoms with Gasteiger partial charge in [0.2, 0.25) is 0 Å². The SMILES string of the molecule is CC1c2cc(C(=O)O)c(=O)n(C3CC3)c2-c2cc(Cl)c(-c3cnn(C)c3)cc2S1(=O)=O. The van der Waals surface area contributed by atoms with E-state index in [2.05, 4.69) is 5.10 Å². The summed E-state index contributed by atoms with van der Waals surface area (Å²) in [6.45, 7) is 1.52. The Morgan fingerprint density at radius 2 is 1.94 bits per heavy atom. The minimum atomic E-state index is -3.85. The lowest BCUT2D eigenvalue weighted by atomic mass is 9.97. The van der Waals surface area contributed by atoms with Crippen LogP contribution in [0.4, 0.5) is 0 Å². The van der Waals surface area contributed by atoms with Gasteiger partial charge in [0.15, 0.2) is 9.84 Å². The molecule has 5 rings (SSSR count). The van der Waals surface area contributed by atoms with E-state index in [0.717, 1.165) is 12.8 Å². The van der Waals surface area contributed by atoms with Crippen LogP contribution in [0.15, 0.2) is 40.3 Å². The number of carboxylic acid groups (broad SMARTS) is 1. The van der Waals surface area contributed by atoms with Crippen molar-refractivity contribution in [1.29, 1.82) is 0 Å². The molecule has 1 aliphatic carbocycles. The van der Waals surface area contributed by atoms with Crippen LogP contribution >= 0.6 is 11.6 Å². The molecular formula is C21H18ClN3O5S. The smallest absolute Gasteiger partial charge is 0.341 e. The standard InChI is InChI=1S/C21H18ClN3O5S/c1-10-13-5-16(21(27)28)20(26)25(12-3-4-12)19(13)15-6-17(22)14(7-18(15)31(10,29)30)11-8-23-24(2)9-11/h5-10,12H,3-4H2,1-2H3,(H,27,28). The number of carbonyl (C=O) groups is 1. The van der Waals surface area contributed by atoms with E-state index < -0.39 is 32.2 Å². The van der Waals surface area contributed by atoms with Gasteiger partial charge in [-0.2, -0.15) is 5.10 Å². The van der Waals surface area contributed by atoms with Gasteiger partial charge in [0.05, 0.1) is 22.0 Å². The molecule has 8 nitrogen and oxygen atoms in total. The predicted molar refractivity (Wildman–Crippen MR) is 114 cm³/mol. The number of rotatable bonds is 3. The fourth-order valence-electron chi connectivity index (χ4n) is 4.20. The number of aromatic carboxylic acids is 1. The lowest BCUT2D eigenvalue weighted by Crippen LogP contribution is -2.31. The van der Waals surface area contributed by atoms with E-state index in [0.29, 0.717) is 33.0 Å². The summed E-state index contributed by atoms with van der Waals surface area (Å²) in [5.74, 6) is -1.37. The molecule has 160 valence electrons. The largest absolute Gasteiger partial charge is 0.477 e. The number of aryl methyl sites for hydroxylation is 1. The maximum atomic E-state index is 13.4. The van der Waals surface area contributed by atoms with E-state index in [1.807, 2.05) is 0 Å². The van der Waals surface area contributed by atoms with Crippen molar-refractivity contribution in [2.45, 2.75) is 36.0 Å². The van der Waals surface area contributed by atoms with Crippen molar-refractivity contribution in [1.82, 2.24) is 14.3 Å². The maximum Gasteiger partial charge on any atom is 0.341 e. The molecule has 0 saturated heterocycles. The van der Waals surface area contributed by atoms with Crippen molar-refractivity contribution >= 4 is 27.4 Å². The van der Waals surface area contributed by atoms with Gasteiger partial charge in [-0.25, -0.2) is 13.2 Å². The number of hydrogen-bond donors (Lipinski definition) is 1. The number of nitrogens with zero attached hydrogens (tertiary/aromatic N) is 3. The number of carboxylic acids is 1. The van der Waals surface area contributed by atoms with Gasteiger partial charge in [0, 0.05) is 41.0 Å². The van der Waals surface area contributed by atoms with E-state index in [1.54, 1.807) is 30.2 Å². The van der Waals surface area contributed by atoms with Crippen LogP contribution in [0.25, 0.3) is 22.4 Å². The molecule has 1 N–H and O–H groups in total. The number of halogens is 1. The average Bonchev–Trinajstić information content (AvgIpc) is 3.45. The summed E-state index contributed by atoms with van der Waals surface area (Å²) < 4.78 is 29.9. The Hall–Kier alpha value is -2.91. The summed E-state index contributed by atoms with van der Waals surface area (Å²) in [6, 6.07) is 4.13. The number of pyridine rings is 1. The molecular weight excluding hydrogens is 442 g/mol. The molecule has 0 spiro atoms. The molecule has 10 heteroatoms. The van der Waals surface area contributed by atoms with Gasteiger partial charge in [-0.15, -0.1) is 0 Å². The second-order valence-electron chi connectivity index (χ2n) is 7.99. The molecule has 1 fully saturated rings. The van der Waals surface area contributed by atoms with E-state index in [4.69, 9.17) is 11.6 Å². The van der Waals surface area contributed by atoms with E-state index in [-0.39, 0.29) is 10.9 Å². The Labute approximate surface area is 182 Å². The third kappa shape index (κ3) is 2.87. The summed E-state index contributed by atoms with van der Waals surface area (Å²) in [7, 11) is -2.10. The van der Waals surface area contributed by atoms with Gasteiger partial charge in [-0.3, -0.25) is 9.48 Å². The molecule has 3 heterocycles. The summed E-state index contributed by atoms with van der Waals surface area (Å²) >= 11 is 6.56. The first-order valence-corrected chi connectivity index (χ1v) is 11.6. The Morgan fingerprint density at radius 3 is 2.52 bits per heavy atom. The van der Waals surface area contributed by atoms with Gasteiger partial charge in [0.1, 0.15) is 5.56 Å². The number of sulfone groups is 1. The Morgan fingerprint density at radius 1 is 1.23 bits per heavy atom. The van der Waals surface area contributed by atoms with Crippen LogP contribution < -0.4 is 5.56 Å². The zero-order valence-corrected chi connectivity index (χ0v) is 18.2. The molecule has 1 aromatic carbocycles. The van der Waals surface area contributed by atoms with Gasteiger partial charge in [-0.1, -0.05) is 11.6 Å². The Bertz CT molecular complexity index is 1450. The minimum Gasteiger partial charge on any atom is -0.477 e. The lowest BCUT2D eigenvalue weighted by molar-refractivity contribution is 0.0694. The van der Waals surface area contributed by atoms with Crippen molar-refractivity contribution in [3.8, 4) is 22.4 Å². The monoisotopic (exact) mass is 459 g/mol. The van der Waals surface area contributed by atoms with Crippen LogP contribution in [0.3, 0.4) is 0 Å². The number of aromatic nitrogens is 3. The van der Waals surface area contributed by atoms with Crippen LogP contribution in [-0.2, 0) is 16.9 Å². The molecule has 3 aromatic rings. The first-order valence-electron chi connectivity index (χ1n) is 9.70. The highest BCUT2D eigenvalue weighted by Crippen LogP contribution is 2.49. The van der Waals surface area contributed by atoms with Gasteiger partial charge >= 0.3 is 5.97 Å². The first-order chi connectivity index (χ1) is 14.6. The quantitative estimate of drug-likeness (QED) is 0.642. The molecule has 1 aliphatic heterocycles. The topological polar surface area (TPSA) is 111 Å². The van der Waals surface area contributed by atoms with Crippen LogP contribution in [0.5, 0.6) is 0 Å². The van der Waals surface area contributed by atoms with Gasteiger partial charge < -0.3 is 9.67 Å². The number of hydrogen-bond acceptors (Lipinski definition) is 5. The van der Waals surface area contributed by atoms with E-state index in [1.165, 1.54) is 23.6 Å². The van der Waals surface area contributed by atoms with Crippen molar-refractivity contribution in [3.05, 3.63) is 57.1 Å². The molecule has 0 bridgehead atoms. The van der Waals surface area contributed by atoms with Crippen molar-refractivity contribution in [2.75, 3.05) is 0 Å². The third-order valence-corrected chi connectivity index (χ3v) is 8.40. The van der Waals surface area contributed by atoms with Gasteiger partial charge in [-0.05, 0) is 43.5 Å². The molecule has 1 saturated carbocycles. The molecule has 1 unspecified atom stereocenters. The number of benzene rings is 1. The van der Waals surface area contributed by atoms with Crippen LogP contribution in [0, 0.1) is 0 Å². The second-order valence-corrected chi connectivity index (χ2v) is 10.6. The van der Waals surface area contributed by atoms with Crippen molar-refractivity contribution in [3.63, 3.8) is 0 Å². The summed E-state index contributed by atoms with van der Waals surface area (Å²) in [6.07, 6.45) is 4.79. The van der Waals surface area contributed by atoms with E-state index >= 15 is 0 Å². The zero-order valence-electron chi connectivity index (χ0n) is 16.7. The highest BCUT2D eigenvalue weighted by Gasteiger charge is 2.41. The van der Waals surface area contributed by atoms with Crippen LogP contribution in [0.2, 0.25) is 5.02 Å². The fourth-order valence-corrected chi connectivity index (χ4v) is 6.11. The first kappa shape index (κ1) is 20.0. The van der Waals surface area contributed by atoms with Crippen molar-refractivity contribution < 1.29 is 18.3 Å². The van der Waals surface area contributed by atoms with Crippen LogP contribution in [-0.4, -0.2) is 33.8 Å². The minimum absolute atomic E-state index is 0.0765. The number of fused-ring (bicyclic) bond motifs is 3. The fraction of sp³-hybridized carbons (Fsp3) is 0.286. The summed E-state index contributed by atoms with van der Waals surface area (Å²) in [5.41, 5.74) is 1.22. The highest BCUT2D eigenvalue weighted by atomic mass is 35.5. The average molecular weight is 460 g/mol. The summed E-state index contributed by atoms with van der Waals surface area (Å²) in [5, 5.41) is 13.0. The van der Waals surface area contributed by atoms with E-state index in [9.17, 15) is 23.1 Å². The molecule has 2 aromatic heterocycles. The van der Waals surface area contributed by atoms with Crippen molar-refractivity contribution in [2.24, 2.45) is 7.05 Å². The Balaban J connectivity index is 1.89. The second kappa shape index (κ2) is 6.54. The predicted octanol–water partition coefficient (Wildman–Crippen LogP) is 3.45. The third-order valence-electron chi connectivity index (χ3n) is 5.96. The molecule has 1 atom stereocenters. The zero-order chi connectivity index (χ0) is 22.2.